The van der Waals surface area contributed by atoms with Gasteiger partial charge in [0.05, 0.1) is 45.0 Å². The summed E-state index contributed by atoms with van der Waals surface area (Å²) in [6.07, 6.45) is 4.18. The zero-order chi connectivity index (χ0) is 42.5. The van der Waals surface area contributed by atoms with Crippen LogP contribution < -0.4 is 21.3 Å². The lowest BCUT2D eigenvalue weighted by Gasteiger charge is -2.28. The normalized spacial score (nSPS) is 14.1. The molecule has 0 saturated heterocycles. The van der Waals surface area contributed by atoms with E-state index in [0.717, 1.165) is 48.4 Å². The number of benzene rings is 6. The molecule has 60 heavy (non-hydrogen) atoms. The average Bonchev–Trinajstić information content (AvgIpc) is 3.28. The molecule has 6 heteroatoms. The minimum absolute atomic E-state index is 0.233. The largest absolute Gasteiger partial charge is 0.355 e. The molecule has 7 rings (SSSR count). The molecule has 4 unspecified atom stereocenters. The van der Waals surface area contributed by atoms with E-state index in [1.165, 1.54) is 22.3 Å². The van der Waals surface area contributed by atoms with Crippen LogP contribution in [0.25, 0.3) is 0 Å². The topological polar surface area (TPSA) is 82.3 Å². The SMILES string of the molecule is CCC(C)c1ccc(Nc2ccc(Nc3ccc(C(C)CC)cc3)c3c2C(=O)c2c(Nc4ccc(C(C)CC)cc4)ccc(Nc4ccc(C(C)CC)cc4)c2C3=O)cc1. The van der Waals surface area contributed by atoms with Crippen molar-refractivity contribution in [3.63, 3.8) is 0 Å². The fourth-order valence-electron chi connectivity index (χ4n) is 7.96. The Kier molecular flexibility index (Phi) is 12.9. The van der Waals surface area contributed by atoms with Gasteiger partial charge in [-0.1, -0.05) is 104 Å². The summed E-state index contributed by atoms with van der Waals surface area (Å²) in [5.41, 5.74) is 12.0. The van der Waals surface area contributed by atoms with Crippen LogP contribution in [0.4, 0.5) is 45.5 Å². The van der Waals surface area contributed by atoms with E-state index < -0.39 is 0 Å². The quantitative estimate of drug-likeness (QED) is 0.0780. The van der Waals surface area contributed by atoms with Crippen LogP contribution in [0.2, 0.25) is 0 Å². The van der Waals surface area contributed by atoms with Gasteiger partial charge in [0.15, 0.2) is 11.6 Å². The number of nitrogens with one attached hydrogen (secondary N) is 4. The van der Waals surface area contributed by atoms with Gasteiger partial charge in [-0.3, -0.25) is 9.59 Å². The lowest BCUT2D eigenvalue weighted by Crippen LogP contribution is -2.25. The lowest BCUT2D eigenvalue weighted by molar-refractivity contribution is 0.0981. The Morgan fingerprint density at radius 2 is 0.500 bits per heavy atom. The van der Waals surface area contributed by atoms with Gasteiger partial charge in [0.25, 0.3) is 0 Å². The zero-order valence-electron chi connectivity index (χ0n) is 36.5. The second-order valence-corrected chi connectivity index (χ2v) is 16.7. The van der Waals surface area contributed by atoms with Crippen molar-refractivity contribution in [2.45, 2.75) is 105 Å². The summed E-state index contributed by atoms with van der Waals surface area (Å²) in [5, 5.41) is 14.2. The number of anilines is 8. The van der Waals surface area contributed by atoms with E-state index in [9.17, 15) is 0 Å². The molecule has 4 N–H and O–H groups in total. The molecule has 6 nitrogen and oxygen atoms in total. The van der Waals surface area contributed by atoms with Gasteiger partial charge in [-0.05, 0) is 144 Å². The van der Waals surface area contributed by atoms with Crippen molar-refractivity contribution < 1.29 is 9.59 Å². The van der Waals surface area contributed by atoms with Crippen LogP contribution in [-0.2, 0) is 0 Å². The Balaban J connectivity index is 1.37. The van der Waals surface area contributed by atoms with Crippen LogP contribution in [0.1, 0.15) is 159 Å². The van der Waals surface area contributed by atoms with E-state index in [2.05, 4.69) is 125 Å². The first-order chi connectivity index (χ1) is 29.0. The molecule has 0 saturated carbocycles. The highest BCUT2D eigenvalue weighted by Gasteiger charge is 2.38. The molecule has 6 aromatic carbocycles. The molecule has 0 spiro atoms. The minimum Gasteiger partial charge on any atom is -0.355 e. The Labute approximate surface area is 357 Å². The second-order valence-electron chi connectivity index (χ2n) is 16.7. The van der Waals surface area contributed by atoms with Gasteiger partial charge in [-0.15, -0.1) is 0 Å². The predicted octanol–water partition coefficient (Wildman–Crippen LogP) is 15.5. The predicted molar refractivity (Wildman–Crippen MR) is 253 cm³/mol. The third kappa shape index (κ3) is 8.74. The Morgan fingerprint density at radius 3 is 0.667 bits per heavy atom. The third-order valence-electron chi connectivity index (χ3n) is 12.8. The van der Waals surface area contributed by atoms with Crippen LogP contribution in [0.5, 0.6) is 0 Å². The van der Waals surface area contributed by atoms with Gasteiger partial charge in [-0.2, -0.15) is 0 Å². The van der Waals surface area contributed by atoms with Crippen molar-refractivity contribution in [1.29, 1.82) is 0 Å². The maximum absolute atomic E-state index is 15.5. The van der Waals surface area contributed by atoms with Crippen LogP contribution in [0.15, 0.2) is 121 Å². The third-order valence-corrected chi connectivity index (χ3v) is 12.8. The molecule has 1 aliphatic carbocycles. The van der Waals surface area contributed by atoms with Gasteiger partial charge in [0.2, 0.25) is 0 Å². The highest BCUT2D eigenvalue weighted by Crippen LogP contribution is 2.44. The fourth-order valence-corrected chi connectivity index (χ4v) is 7.96. The maximum Gasteiger partial charge on any atom is 0.198 e. The molecule has 6 aromatic rings. The number of hydrogen-bond acceptors (Lipinski definition) is 6. The van der Waals surface area contributed by atoms with Crippen LogP contribution >= 0.6 is 0 Å². The molecule has 0 radical (unpaired) electrons. The van der Waals surface area contributed by atoms with Gasteiger partial charge < -0.3 is 21.3 Å². The standard InChI is InChI=1S/C54H60N4O2/c1-9-33(5)37-13-21-41(22-14-37)55-45-29-30-46(56-42-23-15-38(16-24-42)34(6)10-2)50-49(45)53(59)51-47(57-43-25-17-39(18-26-43)35(7)11-3)31-32-48(52(51)54(50)60)58-44-27-19-40(20-28-44)36(8)12-4/h13-36,55-58H,9-12H2,1-8H3. The first kappa shape index (κ1) is 42.0. The molecule has 1 aliphatic rings. The summed E-state index contributed by atoms with van der Waals surface area (Å²) in [4.78, 5) is 30.9. The summed E-state index contributed by atoms with van der Waals surface area (Å²) in [6, 6.07) is 41.1. The second kappa shape index (κ2) is 18.4. The van der Waals surface area contributed by atoms with Gasteiger partial charge in [-0.25, -0.2) is 0 Å². The van der Waals surface area contributed by atoms with Crippen molar-refractivity contribution in [1.82, 2.24) is 0 Å². The molecular formula is C54H60N4O2. The van der Waals surface area contributed by atoms with E-state index in [1.54, 1.807) is 0 Å². The molecule has 4 atom stereocenters. The summed E-state index contributed by atoms with van der Waals surface area (Å²) < 4.78 is 0. The van der Waals surface area contributed by atoms with Crippen molar-refractivity contribution in [3.8, 4) is 0 Å². The Morgan fingerprint density at radius 1 is 0.317 bits per heavy atom. The van der Waals surface area contributed by atoms with E-state index in [-0.39, 0.29) is 11.6 Å². The summed E-state index contributed by atoms with van der Waals surface area (Å²) in [6.45, 7) is 17.7. The first-order valence-corrected chi connectivity index (χ1v) is 21.9. The van der Waals surface area contributed by atoms with Crippen LogP contribution in [-0.4, -0.2) is 11.6 Å². The van der Waals surface area contributed by atoms with Crippen molar-refractivity contribution in [3.05, 3.63) is 166 Å². The van der Waals surface area contributed by atoms with E-state index in [0.29, 0.717) is 68.7 Å². The van der Waals surface area contributed by atoms with Crippen molar-refractivity contribution in [2.75, 3.05) is 21.3 Å². The Hall–Kier alpha value is -6.14. The van der Waals surface area contributed by atoms with Crippen LogP contribution in [0, 0.1) is 0 Å². The monoisotopic (exact) mass is 796 g/mol. The summed E-state index contributed by atoms with van der Waals surface area (Å²) >= 11 is 0. The van der Waals surface area contributed by atoms with E-state index in [4.69, 9.17) is 0 Å². The summed E-state index contributed by atoms with van der Waals surface area (Å²) in [5.74, 6) is 1.27. The first-order valence-electron chi connectivity index (χ1n) is 21.9. The molecule has 0 fully saturated rings. The fraction of sp³-hybridized carbons (Fsp3) is 0.296. The number of fused-ring (bicyclic) bond motifs is 2. The molecule has 308 valence electrons. The lowest BCUT2D eigenvalue weighted by atomic mass is 9.80. The van der Waals surface area contributed by atoms with Gasteiger partial charge in [0, 0.05) is 22.7 Å². The van der Waals surface area contributed by atoms with Gasteiger partial charge >= 0.3 is 0 Å². The minimum atomic E-state index is -0.233. The number of carbonyl (C=O) groups is 2. The average molecular weight is 797 g/mol. The van der Waals surface area contributed by atoms with Crippen molar-refractivity contribution >= 4 is 57.1 Å². The highest BCUT2D eigenvalue weighted by atomic mass is 16.1. The van der Waals surface area contributed by atoms with Crippen molar-refractivity contribution in [2.24, 2.45) is 0 Å². The number of carbonyl (C=O) groups excluding carboxylic acids is 2. The van der Waals surface area contributed by atoms with Crippen LogP contribution in [0.3, 0.4) is 0 Å². The maximum atomic E-state index is 15.5. The number of rotatable bonds is 16. The highest BCUT2D eigenvalue weighted by molar-refractivity contribution is 6.35. The molecule has 0 heterocycles. The number of ketones is 2. The molecule has 0 aromatic heterocycles. The zero-order valence-corrected chi connectivity index (χ0v) is 36.5. The Bertz CT molecular complexity index is 2110. The summed E-state index contributed by atoms with van der Waals surface area (Å²) in [7, 11) is 0. The van der Waals surface area contributed by atoms with E-state index in [1.807, 2.05) is 72.8 Å². The molecule has 0 amide bonds. The smallest absolute Gasteiger partial charge is 0.198 e. The van der Waals surface area contributed by atoms with E-state index >= 15 is 9.59 Å². The molecular weight excluding hydrogens is 737 g/mol. The molecule has 0 aliphatic heterocycles. The number of hydrogen-bond donors (Lipinski definition) is 4. The van der Waals surface area contributed by atoms with Gasteiger partial charge in [0.1, 0.15) is 0 Å². The molecule has 0 bridgehead atoms.